The molecule has 20 heavy (non-hydrogen) atoms. The van der Waals surface area contributed by atoms with Crippen LogP contribution in [0.15, 0.2) is 10.5 Å². The molecular weight excluding hydrogens is 342 g/mol. The van der Waals surface area contributed by atoms with Gasteiger partial charge in [0.25, 0.3) is 0 Å². The molecule has 0 bridgehead atoms. The van der Waals surface area contributed by atoms with Crippen molar-refractivity contribution in [3.63, 3.8) is 0 Å². The molecule has 2 rings (SSSR count). The second-order valence-corrected chi connectivity index (χ2v) is 7.16. The summed E-state index contributed by atoms with van der Waals surface area (Å²) in [6.45, 7) is 4.44. The van der Waals surface area contributed by atoms with E-state index in [1.165, 1.54) is 0 Å². The number of rotatable bonds is 3. The summed E-state index contributed by atoms with van der Waals surface area (Å²) in [5, 5.41) is 9.53. The van der Waals surface area contributed by atoms with Crippen LogP contribution in [0.25, 0.3) is 0 Å². The molecule has 2 atom stereocenters. The Hall–Kier alpha value is -0.880. The molecule has 0 aliphatic carbocycles. The minimum absolute atomic E-state index is 0.0587. The Kier molecular flexibility index (Phi) is 4.86. The number of halogens is 1. The quantitative estimate of drug-likeness (QED) is 0.896. The van der Waals surface area contributed by atoms with Crippen molar-refractivity contribution in [2.24, 2.45) is 5.92 Å². The largest absolute Gasteiger partial charge is 0.481 e. The lowest BCUT2D eigenvalue weighted by Gasteiger charge is -2.32. The van der Waals surface area contributed by atoms with Crippen molar-refractivity contribution in [1.82, 2.24) is 4.90 Å². The summed E-state index contributed by atoms with van der Waals surface area (Å²) in [5.74, 6) is -1.28. The monoisotopic (exact) mass is 359 g/mol. The molecule has 2 unspecified atom stereocenters. The molecule has 0 aromatic carbocycles. The minimum atomic E-state index is -0.815. The van der Waals surface area contributed by atoms with Crippen LogP contribution in [0, 0.1) is 12.8 Å². The van der Waals surface area contributed by atoms with Crippen molar-refractivity contribution in [2.45, 2.75) is 39.2 Å². The van der Waals surface area contributed by atoms with Gasteiger partial charge in [0.1, 0.15) is 0 Å². The molecule has 0 radical (unpaired) electrons. The lowest BCUT2D eigenvalue weighted by atomic mass is 9.93. The zero-order chi connectivity index (χ0) is 14.9. The first-order valence-electron chi connectivity index (χ1n) is 6.73. The Morgan fingerprint density at radius 2 is 2.30 bits per heavy atom. The number of nitrogens with zero attached hydrogens (tertiary/aromatic N) is 1. The van der Waals surface area contributed by atoms with E-state index in [0.717, 1.165) is 14.2 Å². The molecule has 1 aromatic rings. The van der Waals surface area contributed by atoms with Crippen LogP contribution in [0.1, 0.15) is 42.0 Å². The topological polar surface area (TPSA) is 57.6 Å². The highest BCUT2D eigenvalue weighted by Gasteiger charge is 2.38. The Balaban J connectivity index is 2.47. The standard InChI is InChI=1S/C14H18BrNO3S/c1-3-16-12(17)6-4-5-9(14(18)19)13(16)11-7-10(15)8(2)20-11/h7,9,13H,3-6H2,1-2H3,(H,18,19). The lowest BCUT2D eigenvalue weighted by Crippen LogP contribution is -2.38. The maximum absolute atomic E-state index is 12.2. The van der Waals surface area contributed by atoms with E-state index in [-0.39, 0.29) is 11.9 Å². The van der Waals surface area contributed by atoms with Gasteiger partial charge in [0.05, 0.1) is 12.0 Å². The molecule has 1 aliphatic heterocycles. The van der Waals surface area contributed by atoms with E-state index in [2.05, 4.69) is 15.9 Å². The molecule has 1 fully saturated rings. The Morgan fingerprint density at radius 1 is 1.60 bits per heavy atom. The van der Waals surface area contributed by atoms with E-state index < -0.39 is 11.9 Å². The molecule has 1 aliphatic rings. The summed E-state index contributed by atoms with van der Waals surface area (Å²) in [5.41, 5.74) is 0. The normalized spacial score (nSPS) is 23.8. The molecule has 6 heteroatoms. The Morgan fingerprint density at radius 3 is 2.80 bits per heavy atom. The minimum Gasteiger partial charge on any atom is -0.481 e. The molecule has 0 saturated carbocycles. The van der Waals surface area contributed by atoms with Gasteiger partial charge in [-0.2, -0.15) is 0 Å². The van der Waals surface area contributed by atoms with Crippen LogP contribution >= 0.6 is 27.3 Å². The van der Waals surface area contributed by atoms with Gasteiger partial charge in [0, 0.05) is 27.2 Å². The number of likely N-dealkylation sites (tertiary alicyclic amines) is 1. The van der Waals surface area contributed by atoms with Crippen LogP contribution < -0.4 is 0 Å². The number of amides is 1. The Bertz CT molecular complexity index is 507. The number of carbonyl (C=O) groups excluding carboxylic acids is 1. The van der Waals surface area contributed by atoms with Gasteiger partial charge >= 0.3 is 5.97 Å². The average Bonchev–Trinajstić information content (AvgIpc) is 2.62. The second-order valence-electron chi connectivity index (χ2n) is 5.01. The molecule has 2 heterocycles. The van der Waals surface area contributed by atoms with Gasteiger partial charge in [0.15, 0.2) is 0 Å². The summed E-state index contributed by atoms with van der Waals surface area (Å²) >= 11 is 5.04. The Labute approximate surface area is 130 Å². The van der Waals surface area contributed by atoms with Crippen LogP contribution in [0.4, 0.5) is 0 Å². The molecule has 1 aromatic heterocycles. The predicted octanol–water partition coefficient (Wildman–Crippen LogP) is 3.59. The number of hydrogen-bond acceptors (Lipinski definition) is 3. The summed E-state index contributed by atoms with van der Waals surface area (Å²) in [6, 6.07) is 1.62. The van der Waals surface area contributed by atoms with Crippen LogP contribution in [0.3, 0.4) is 0 Å². The molecule has 1 saturated heterocycles. The van der Waals surface area contributed by atoms with Gasteiger partial charge in [-0.3, -0.25) is 9.59 Å². The fourth-order valence-electron chi connectivity index (χ4n) is 2.76. The van der Waals surface area contributed by atoms with Crippen molar-refractivity contribution in [3.05, 3.63) is 20.3 Å². The molecule has 4 nitrogen and oxygen atoms in total. The van der Waals surface area contributed by atoms with Crippen LogP contribution in [-0.2, 0) is 9.59 Å². The molecule has 1 amide bonds. The number of carboxylic acid groups (broad SMARTS) is 1. The van der Waals surface area contributed by atoms with Crippen molar-refractivity contribution < 1.29 is 14.7 Å². The van der Waals surface area contributed by atoms with Crippen molar-refractivity contribution in [2.75, 3.05) is 6.54 Å². The first-order chi connectivity index (χ1) is 9.45. The summed E-state index contributed by atoms with van der Waals surface area (Å²) in [6.07, 6.45) is 1.64. The van der Waals surface area contributed by atoms with E-state index in [4.69, 9.17) is 0 Å². The predicted molar refractivity (Wildman–Crippen MR) is 81.9 cm³/mol. The number of aliphatic carboxylic acids is 1. The molecule has 0 spiro atoms. The SMILES string of the molecule is CCN1C(=O)CCCC(C(=O)O)C1c1cc(Br)c(C)s1. The number of carbonyl (C=O) groups is 2. The highest BCUT2D eigenvalue weighted by Crippen LogP contribution is 2.41. The number of hydrogen-bond donors (Lipinski definition) is 1. The van der Waals surface area contributed by atoms with Gasteiger partial charge < -0.3 is 10.0 Å². The summed E-state index contributed by atoms with van der Waals surface area (Å²) in [4.78, 5) is 27.6. The first kappa shape index (κ1) is 15.5. The van der Waals surface area contributed by atoms with Gasteiger partial charge in [0.2, 0.25) is 5.91 Å². The average molecular weight is 360 g/mol. The van der Waals surface area contributed by atoms with Gasteiger partial charge in [-0.05, 0) is 48.7 Å². The number of carboxylic acids is 1. The van der Waals surface area contributed by atoms with Gasteiger partial charge in [-0.15, -0.1) is 11.3 Å². The summed E-state index contributed by atoms with van der Waals surface area (Å²) < 4.78 is 0.981. The van der Waals surface area contributed by atoms with Crippen molar-refractivity contribution >= 4 is 39.1 Å². The maximum Gasteiger partial charge on any atom is 0.308 e. The zero-order valence-electron chi connectivity index (χ0n) is 11.6. The van der Waals surface area contributed by atoms with E-state index in [0.29, 0.717) is 25.8 Å². The third-order valence-electron chi connectivity index (χ3n) is 3.77. The second kappa shape index (κ2) is 6.26. The van der Waals surface area contributed by atoms with E-state index in [9.17, 15) is 14.7 Å². The van der Waals surface area contributed by atoms with Crippen molar-refractivity contribution in [1.29, 1.82) is 0 Å². The molecule has 1 N–H and O–H groups in total. The third-order valence-corrected chi connectivity index (χ3v) is 5.98. The van der Waals surface area contributed by atoms with Crippen LogP contribution in [0.5, 0.6) is 0 Å². The number of aryl methyl sites for hydroxylation is 1. The van der Waals surface area contributed by atoms with E-state index in [1.807, 2.05) is 19.9 Å². The van der Waals surface area contributed by atoms with E-state index >= 15 is 0 Å². The molecule has 110 valence electrons. The van der Waals surface area contributed by atoms with Gasteiger partial charge in [-0.1, -0.05) is 0 Å². The maximum atomic E-state index is 12.2. The fraction of sp³-hybridized carbons (Fsp3) is 0.571. The summed E-state index contributed by atoms with van der Waals surface area (Å²) in [7, 11) is 0. The van der Waals surface area contributed by atoms with Gasteiger partial charge in [-0.25, -0.2) is 0 Å². The highest BCUT2D eigenvalue weighted by atomic mass is 79.9. The zero-order valence-corrected chi connectivity index (χ0v) is 14.0. The smallest absolute Gasteiger partial charge is 0.308 e. The first-order valence-corrected chi connectivity index (χ1v) is 8.34. The van der Waals surface area contributed by atoms with Crippen LogP contribution in [-0.4, -0.2) is 28.4 Å². The fourth-order valence-corrected chi connectivity index (χ4v) is 4.50. The highest BCUT2D eigenvalue weighted by molar-refractivity contribution is 9.10. The lowest BCUT2D eigenvalue weighted by molar-refractivity contribution is -0.145. The molecular formula is C14H18BrNO3S. The van der Waals surface area contributed by atoms with Crippen molar-refractivity contribution in [3.8, 4) is 0 Å². The third kappa shape index (κ3) is 2.91. The number of thiophene rings is 1. The van der Waals surface area contributed by atoms with E-state index in [1.54, 1.807) is 16.2 Å². The van der Waals surface area contributed by atoms with Crippen LogP contribution in [0.2, 0.25) is 0 Å².